The lowest BCUT2D eigenvalue weighted by Crippen LogP contribution is -2.37. The molecule has 42 heavy (non-hydrogen) atoms. The molecule has 1 fully saturated rings. The number of benzene rings is 2. The van der Waals surface area contributed by atoms with Gasteiger partial charge in [0.25, 0.3) is 5.91 Å². The van der Waals surface area contributed by atoms with E-state index in [0.29, 0.717) is 30.3 Å². The number of carbonyl (C=O) groups is 2. The Morgan fingerprint density at radius 1 is 1.14 bits per heavy atom. The number of amidine groups is 1. The molecule has 2 aromatic carbocycles. The van der Waals surface area contributed by atoms with E-state index in [1.165, 1.54) is 21.8 Å². The highest BCUT2D eigenvalue weighted by Gasteiger charge is 2.43. The first-order chi connectivity index (χ1) is 20.0. The van der Waals surface area contributed by atoms with Gasteiger partial charge >= 0.3 is 5.97 Å². The van der Waals surface area contributed by atoms with Crippen molar-refractivity contribution in [2.24, 2.45) is 10.9 Å². The number of hydrazine groups is 1. The van der Waals surface area contributed by atoms with Gasteiger partial charge in [-0.3, -0.25) is 24.7 Å². The number of nitrogens with one attached hydrogen (secondary N) is 1. The Morgan fingerprint density at radius 3 is 2.45 bits per heavy atom. The molecule has 0 spiro atoms. The molecule has 0 saturated carbocycles. The summed E-state index contributed by atoms with van der Waals surface area (Å²) in [6.07, 6.45) is 6.03. The number of hydrogen-bond donors (Lipinski definition) is 1. The number of ether oxygens (including phenoxy) is 1. The highest BCUT2D eigenvalue weighted by Crippen LogP contribution is 2.39. The number of aliphatic imine (C=N–C) groups is 1. The highest BCUT2D eigenvalue weighted by molar-refractivity contribution is 6.43. The van der Waals surface area contributed by atoms with Gasteiger partial charge in [-0.2, -0.15) is 5.10 Å². The summed E-state index contributed by atoms with van der Waals surface area (Å²) >= 11 is 19.1. The summed E-state index contributed by atoms with van der Waals surface area (Å²) in [5, 5.41) is 6.34. The Balaban J connectivity index is 1.65. The molecular weight excluding hydrogens is 597 g/mol. The number of rotatable bonds is 12. The third-order valence-electron chi connectivity index (χ3n) is 7.19. The third kappa shape index (κ3) is 7.65. The number of carbonyl (C=O) groups excluding carboxylic acids is 2. The zero-order chi connectivity index (χ0) is 30.4. The van der Waals surface area contributed by atoms with E-state index in [0.717, 1.165) is 18.4 Å². The Bertz CT molecular complexity index is 1390. The van der Waals surface area contributed by atoms with Crippen LogP contribution in [0.4, 0.5) is 5.69 Å². The van der Waals surface area contributed by atoms with E-state index < -0.39 is 17.5 Å². The van der Waals surface area contributed by atoms with E-state index in [1.807, 2.05) is 32.0 Å². The van der Waals surface area contributed by atoms with Gasteiger partial charge in [0, 0.05) is 17.4 Å². The summed E-state index contributed by atoms with van der Waals surface area (Å²) in [6.45, 7) is 8.44. The van der Waals surface area contributed by atoms with E-state index in [9.17, 15) is 9.59 Å². The van der Waals surface area contributed by atoms with Crippen LogP contribution >= 0.6 is 34.8 Å². The number of hydrogen-bond acceptors (Lipinski definition) is 5. The molecule has 4 rings (SSSR count). The number of amides is 1. The summed E-state index contributed by atoms with van der Waals surface area (Å²) in [5.74, 6) is -0.531. The normalized spacial score (nSPS) is 17.8. The van der Waals surface area contributed by atoms with Crippen molar-refractivity contribution in [2.75, 3.05) is 11.6 Å². The van der Waals surface area contributed by atoms with Crippen LogP contribution in [0.25, 0.3) is 0 Å². The maximum atomic E-state index is 13.8. The largest absolute Gasteiger partial charge is 0.465 e. The van der Waals surface area contributed by atoms with Crippen LogP contribution in [0, 0.1) is 5.92 Å². The predicted octanol–water partition coefficient (Wildman–Crippen LogP) is 7.66. The van der Waals surface area contributed by atoms with Crippen molar-refractivity contribution < 1.29 is 14.3 Å². The Hall–Kier alpha value is -3.07. The Kier molecular flexibility index (Phi) is 10.6. The minimum atomic E-state index is -0.889. The molecule has 2 heterocycles. The molecular formula is C31H36Cl3N5O3. The lowest BCUT2D eigenvalue weighted by molar-refractivity contribution is -0.149. The van der Waals surface area contributed by atoms with Gasteiger partial charge in [0.1, 0.15) is 5.69 Å². The molecule has 1 aliphatic rings. The molecule has 224 valence electrons. The standard InChI is InChI=1S/C31H36Cl3N5O3/c1-5-6-15-42-30(41)22(16-20(2)21-11-8-7-9-12-21)19-31(3,4)36-28-27(38-14-10-13-35-38)29(40)39(37-28)26-24(33)17-23(32)18-25(26)34/h7-14,17-18,20,22,27H,5-6,15-16,19H2,1-4H3,(H,36,37). The predicted molar refractivity (Wildman–Crippen MR) is 168 cm³/mol. The van der Waals surface area contributed by atoms with E-state index >= 15 is 0 Å². The molecule has 0 bridgehead atoms. The first-order valence-electron chi connectivity index (χ1n) is 14.1. The molecule has 1 aromatic heterocycles. The monoisotopic (exact) mass is 631 g/mol. The minimum absolute atomic E-state index is 0.131. The molecule has 3 aromatic rings. The number of anilines is 1. The van der Waals surface area contributed by atoms with Gasteiger partial charge in [-0.05, 0) is 62.8 Å². The topological polar surface area (TPSA) is 88.8 Å². The van der Waals surface area contributed by atoms with E-state index in [4.69, 9.17) is 44.5 Å². The fourth-order valence-electron chi connectivity index (χ4n) is 5.16. The van der Waals surface area contributed by atoms with Gasteiger partial charge in [-0.25, -0.2) is 5.01 Å². The molecule has 8 nitrogen and oxygen atoms in total. The van der Waals surface area contributed by atoms with Crippen molar-refractivity contribution in [2.45, 2.75) is 70.9 Å². The number of esters is 1. The number of aromatic nitrogens is 2. The molecule has 1 aliphatic heterocycles. The van der Waals surface area contributed by atoms with Crippen molar-refractivity contribution in [1.82, 2.24) is 15.2 Å². The molecule has 1 saturated heterocycles. The van der Waals surface area contributed by atoms with Gasteiger partial charge < -0.3 is 4.74 Å². The van der Waals surface area contributed by atoms with Crippen molar-refractivity contribution in [3.8, 4) is 0 Å². The van der Waals surface area contributed by atoms with Gasteiger partial charge in [0.2, 0.25) is 0 Å². The number of halogens is 3. The van der Waals surface area contributed by atoms with Crippen LogP contribution < -0.4 is 10.4 Å². The second kappa shape index (κ2) is 13.9. The second-order valence-electron chi connectivity index (χ2n) is 11.2. The summed E-state index contributed by atoms with van der Waals surface area (Å²) < 4.78 is 7.21. The maximum Gasteiger partial charge on any atom is 0.309 e. The number of nitrogens with zero attached hydrogens (tertiary/aromatic N) is 4. The van der Waals surface area contributed by atoms with Crippen molar-refractivity contribution in [3.63, 3.8) is 0 Å². The smallest absolute Gasteiger partial charge is 0.309 e. The molecule has 11 heteroatoms. The molecule has 0 radical (unpaired) electrons. The summed E-state index contributed by atoms with van der Waals surface area (Å²) in [6, 6.07) is 14.0. The number of unbranched alkanes of at least 4 members (excludes halogenated alkanes) is 1. The summed E-state index contributed by atoms with van der Waals surface area (Å²) in [7, 11) is 0. The van der Waals surface area contributed by atoms with Gasteiger partial charge in [0.15, 0.2) is 11.9 Å². The quantitative estimate of drug-likeness (QED) is 0.164. The van der Waals surface area contributed by atoms with Crippen LogP contribution in [0.1, 0.15) is 70.9 Å². The first kappa shape index (κ1) is 31.9. The average molecular weight is 633 g/mol. The fourth-order valence-corrected chi connectivity index (χ4v) is 6.15. The SMILES string of the molecule is CCCCOC(=O)C(CC(C)c1ccccc1)CC(C)(C)N=C1NN(c2c(Cl)cc(Cl)cc2Cl)C(=O)C1n1cccn1. The van der Waals surface area contributed by atoms with Crippen LogP contribution in [0.5, 0.6) is 0 Å². The van der Waals surface area contributed by atoms with E-state index in [-0.39, 0.29) is 33.5 Å². The molecule has 1 amide bonds. The lowest BCUT2D eigenvalue weighted by Gasteiger charge is -2.28. The van der Waals surface area contributed by atoms with Crippen LogP contribution in [-0.2, 0) is 14.3 Å². The van der Waals surface area contributed by atoms with Crippen molar-refractivity contribution >= 4 is 58.2 Å². The van der Waals surface area contributed by atoms with E-state index in [2.05, 4.69) is 36.5 Å². The van der Waals surface area contributed by atoms with Gasteiger partial charge in [-0.1, -0.05) is 85.4 Å². The maximum absolute atomic E-state index is 13.8. The average Bonchev–Trinajstić information content (AvgIpc) is 3.56. The Labute approximate surface area is 262 Å². The molecule has 3 unspecified atom stereocenters. The zero-order valence-electron chi connectivity index (χ0n) is 24.2. The zero-order valence-corrected chi connectivity index (χ0v) is 26.5. The summed E-state index contributed by atoms with van der Waals surface area (Å²) in [5.41, 5.74) is 3.77. The lowest BCUT2D eigenvalue weighted by atomic mass is 9.83. The molecule has 1 N–H and O–H groups in total. The Morgan fingerprint density at radius 2 is 1.83 bits per heavy atom. The van der Waals surface area contributed by atoms with Crippen LogP contribution in [0.2, 0.25) is 15.1 Å². The van der Waals surface area contributed by atoms with Crippen LogP contribution in [-0.4, -0.2) is 39.6 Å². The van der Waals surface area contributed by atoms with Gasteiger partial charge in [0.05, 0.1) is 28.1 Å². The minimum Gasteiger partial charge on any atom is -0.465 e. The first-order valence-corrected chi connectivity index (χ1v) is 15.2. The molecule has 0 aliphatic carbocycles. The van der Waals surface area contributed by atoms with Crippen LogP contribution in [0.15, 0.2) is 65.9 Å². The second-order valence-corrected chi connectivity index (χ2v) is 12.4. The van der Waals surface area contributed by atoms with Gasteiger partial charge in [-0.15, -0.1) is 0 Å². The van der Waals surface area contributed by atoms with Crippen molar-refractivity contribution in [3.05, 3.63) is 81.6 Å². The fraction of sp³-hybridized carbons (Fsp3) is 0.419. The highest BCUT2D eigenvalue weighted by atomic mass is 35.5. The van der Waals surface area contributed by atoms with Crippen LogP contribution in [0.3, 0.4) is 0 Å². The van der Waals surface area contributed by atoms with Crippen molar-refractivity contribution in [1.29, 1.82) is 0 Å². The van der Waals surface area contributed by atoms with E-state index in [1.54, 1.807) is 18.5 Å². The molecule has 3 atom stereocenters. The third-order valence-corrected chi connectivity index (χ3v) is 7.98. The summed E-state index contributed by atoms with van der Waals surface area (Å²) in [4.78, 5) is 32.1.